The summed E-state index contributed by atoms with van der Waals surface area (Å²) in [6.07, 6.45) is 0. The molecular weight excluding hydrogens is 344 g/mol. The summed E-state index contributed by atoms with van der Waals surface area (Å²) < 4.78 is 7.12. The molecule has 0 amide bonds. The second kappa shape index (κ2) is 6.05. The highest BCUT2D eigenvalue weighted by molar-refractivity contribution is 6.30. The average Bonchev–Trinajstić information content (AvgIpc) is 3.10. The number of phenolic OH excluding ortho intramolecular Hbond substituents is 1. The van der Waals surface area contributed by atoms with E-state index in [-0.39, 0.29) is 23.9 Å². The number of nitrogens with zero attached hydrogens (tertiary/aromatic N) is 3. The van der Waals surface area contributed by atoms with Crippen LogP contribution in [0.2, 0.25) is 0 Å². The maximum atomic E-state index is 10.6. The molecule has 0 atom stereocenters. The van der Waals surface area contributed by atoms with E-state index in [1.807, 2.05) is 36.7 Å². The standard InChI is InChI=1S/C20H20N4O3/c1-11-8-12(25)4-6-15(11)24-10-17(26)18(19(24)21)20-22-14-9-13(27-3)5-7-16(14)23(20)2/h4-9,21,25-26H,10H2,1-3H3. The highest BCUT2D eigenvalue weighted by atomic mass is 16.5. The largest absolute Gasteiger partial charge is 0.509 e. The predicted octanol–water partition coefficient (Wildman–Crippen LogP) is 3.36. The number of nitrogens with one attached hydrogen (secondary N) is 1. The molecule has 138 valence electrons. The zero-order chi connectivity index (χ0) is 19.3. The van der Waals surface area contributed by atoms with Gasteiger partial charge in [0.1, 0.15) is 28.9 Å². The van der Waals surface area contributed by atoms with Crippen LogP contribution >= 0.6 is 0 Å². The summed E-state index contributed by atoms with van der Waals surface area (Å²) in [7, 11) is 3.46. The van der Waals surface area contributed by atoms with Crippen molar-refractivity contribution in [3.63, 3.8) is 0 Å². The zero-order valence-corrected chi connectivity index (χ0v) is 15.3. The number of aryl methyl sites for hydroxylation is 2. The Kier molecular flexibility index (Phi) is 3.80. The maximum absolute atomic E-state index is 10.6. The Hall–Kier alpha value is -3.48. The van der Waals surface area contributed by atoms with Crippen LogP contribution in [0.3, 0.4) is 0 Å². The second-order valence-electron chi connectivity index (χ2n) is 6.58. The van der Waals surface area contributed by atoms with Crippen molar-refractivity contribution in [3.05, 3.63) is 53.5 Å². The van der Waals surface area contributed by atoms with Gasteiger partial charge in [0, 0.05) is 18.8 Å². The number of aliphatic hydroxyl groups is 1. The maximum Gasteiger partial charge on any atom is 0.148 e. The number of ether oxygens (including phenoxy) is 1. The Morgan fingerprint density at radius 1 is 1.15 bits per heavy atom. The lowest BCUT2D eigenvalue weighted by atomic mass is 10.1. The number of hydrogen-bond acceptors (Lipinski definition) is 5. The first-order valence-electron chi connectivity index (χ1n) is 8.49. The van der Waals surface area contributed by atoms with E-state index in [0.29, 0.717) is 17.1 Å². The molecule has 0 fully saturated rings. The van der Waals surface area contributed by atoms with Crippen molar-refractivity contribution in [3.8, 4) is 11.5 Å². The lowest BCUT2D eigenvalue weighted by molar-refractivity contribution is 0.411. The normalized spacial score (nSPS) is 14.5. The van der Waals surface area contributed by atoms with Gasteiger partial charge in [0.2, 0.25) is 0 Å². The minimum absolute atomic E-state index is 0.0952. The molecule has 0 radical (unpaired) electrons. The molecule has 3 N–H and O–H groups in total. The van der Waals surface area contributed by atoms with Gasteiger partial charge in [-0.3, -0.25) is 5.41 Å². The number of aromatic nitrogens is 2. The molecule has 7 nitrogen and oxygen atoms in total. The summed E-state index contributed by atoms with van der Waals surface area (Å²) in [6, 6.07) is 10.5. The summed E-state index contributed by atoms with van der Waals surface area (Å²) in [4.78, 5) is 6.33. The second-order valence-corrected chi connectivity index (χ2v) is 6.58. The SMILES string of the molecule is COc1ccc2c(c1)nc(C1=C(O)CN(c3ccc(O)cc3C)C1=N)n2C. The van der Waals surface area contributed by atoms with Gasteiger partial charge in [-0.05, 0) is 42.8 Å². The fourth-order valence-corrected chi connectivity index (χ4v) is 3.49. The van der Waals surface area contributed by atoms with E-state index in [9.17, 15) is 10.2 Å². The Bertz CT molecular complexity index is 1110. The molecule has 27 heavy (non-hydrogen) atoms. The van der Waals surface area contributed by atoms with Gasteiger partial charge in [-0.1, -0.05) is 0 Å². The van der Waals surface area contributed by atoms with Crippen molar-refractivity contribution in [1.82, 2.24) is 9.55 Å². The molecule has 0 bridgehead atoms. The van der Waals surface area contributed by atoms with Gasteiger partial charge >= 0.3 is 0 Å². The Morgan fingerprint density at radius 3 is 2.63 bits per heavy atom. The number of rotatable bonds is 3. The lowest BCUT2D eigenvalue weighted by Crippen LogP contribution is -2.27. The molecule has 1 aliphatic rings. The lowest BCUT2D eigenvalue weighted by Gasteiger charge is -2.21. The van der Waals surface area contributed by atoms with Gasteiger partial charge in [-0.2, -0.15) is 0 Å². The Labute approximate surface area is 156 Å². The first-order chi connectivity index (χ1) is 12.9. The molecule has 1 aliphatic heterocycles. The third kappa shape index (κ3) is 2.59. The van der Waals surface area contributed by atoms with Crippen molar-refractivity contribution < 1.29 is 14.9 Å². The molecule has 4 rings (SSSR count). The van der Waals surface area contributed by atoms with Crippen molar-refractivity contribution in [2.24, 2.45) is 7.05 Å². The number of fused-ring (bicyclic) bond motifs is 1. The fourth-order valence-electron chi connectivity index (χ4n) is 3.49. The highest BCUT2D eigenvalue weighted by Gasteiger charge is 2.33. The van der Waals surface area contributed by atoms with Crippen LogP contribution in [0.1, 0.15) is 11.4 Å². The van der Waals surface area contributed by atoms with E-state index in [4.69, 9.17) is 10.1 Å². The van der Waals surface area contributed by atoms with Crippen LogP contribution in [0.5, 0.6) is 11.5 Å². The minimum Gasteiger partial charge on any atom is -0.509 e. The molecule has 3 aromatic rings. The topological polar surface area (TPSA) is 94.6 Å². The quantitative estimate of drug-likeness (QED) is 0.662. The summed E-state index contributed by atoms with van der Waals surface area (Å²) in [5.41, 5.74) is 3.61. The van der Waals surface area contributed by atoms with Crippen molar-refractivity contribution >= 4 is 28.1 Å². The van der Waals surface area contributed by atoms with Crippen LogP contribution in [0.15, 0.2) is 42.2 Å². The fraction of sp³-hybridized carbons (Fsp3) is 0.200. The number of methoxy groups -OCH3 is 1. The Morgan fingerprint density at radius 2 is 1.93 bits per heavy atom. The number of anilines is 1. The highest BCUT2D eigenvalue weighted by Crippen LogP contribution is 2.34. The number of phenols is 1. The van der Waals surface area contributed by atoms with Crippen LogP contribution in [0.4, 0.5) is 5.69 Å². The number of amidine groups is 1. The molecule has 0 aliphatic carbocycles. The molecule has 0 saturated heterocycles. The number of aromatic hydroxyl groups is 1. The van der Waals surface area contributed by atoms with Gasteiger partial charge in [0.05, 0.1) is 30.3 Å². The first kappa shape index (κ1) is 17.0. The third-order valence-corrected chi connectivity index (χ3v) is 4.89. The Balaban J connectivity index is 1.78. The van der Waals surface area contributed by atoms with Crippen LogP contribution in [-0.4, -0.2) is 39.3 Å². The molecule has 0 spiro atoms. The molecule has 7 heteroatoms. The third-order valence-electron chi connectivity index (χ3n) is 4.89. The average molecular weight is 364 g/mol. The summed E-state index contributed by atoms with van der Waals surface area (Å²) >= 11 is 0. The number of benzene rings is 2. The van der Waals surface area contributed by atoms with Crippen molar-refractivity contribution in [1.29, 1.82) is 5.41 Å². The van der Waals surface area contributed by atoms with Crippen LogP contribution < -0.4 is 9.64 Å². The summed E-state index contributed by atoms with van der Waals surface area (Å²) in [6.45, 7) is 2.05. The van der Waals surface area contributed by atoms with Crippen LogP contribution in [-0.2, 0) is 7.05 Å². The minimum atomic E-state index is 0.0952. The van der Waals surface area contributed by atoms with Crippen molar-refractivity contribution in [2.45, 2.75) is 6.92 Å². The van der Waals surface area contributed by atoms with Gasteiger partial charge in [0.25, 0.3) is 0 Å². The zero-order valence-electron chi connectivity index (χ0n) is 15.3. The summed E-state index contributed by atoms with van der Waals surface area (Å²) in [5.74, 6) is 1.67. The molecule has 0 unspecified atom stereocenters. The van der Waals surface area contributed by atoms with Crippen molar-refractivity contribution in [2.75, 3.05) is 18.6 Å². The number of aliphatic hydroxyl groups excluding tert-OH is 1. The molecule has 2 aromatic carbocycles. The van der Waals surface area contributed by atoms with E-state index in [1.54, 1.807) is 30.2 Å². The van der Waals surface area contributed by atoms with Gasteiger partial charge in [0.15, 0.2) is 0 Å². The molecule has 0 saturated carbocycles. The van der Waals surface area contributed by atoms with E-state index >= 15 is 0 Å². The van der Waals surface area contributed by atoms with Gasteiger partial charge in [-0.25, -0.2) is 4.98 Å². The predicted molar refractivity (Wildman–Crippen MR) is 105 cm³/mol. The molecule has 1 aromatic heterocycles. The number of hydrogen-bond donors (Lipinski definition) is 3. The van der Waals surface area contributed by atoms with Crippen LogP contribution in [0.25, 0.3) is 16.6 Å². The smallest absolute Gasteiger partial charge is 0.148 e. The monoisotopic (exact) mass is 364 g/mol. The summed E-state index contributed by atoms with van der Waals surface area (Å²) in [5, 5.41) is 28.9. The van der Waals surface area contributed by atoms with E-state index in [2.05, 4.69) is 4.98 Å². The first-order valence-corrected chi connectivity index (χ1v) is 8.49. The van der Waals surface area contributed by atoms with E-state index in [1.165, 1.54) is 0 Å². The molecular formula is C20H20N4O3. The van der Waals surface area contributed by atoms with Gasteiger partial charge in [-0.15, -0.1) is 0 Å². The number of imidazole rings is 1. The van der Waals surface area contributed by atoms with Gasteiger partial charge < -0.3 is 24.4 Å². The van der Waals surface area contributed by atoms with E-state index < -0.39 is 0 Å². The molecule has 2 heterocycles. The van der Waals surface area contributed by atoms with Crippen LogP contribution in [0, 0.1) is 12.3 Å². The van der Waals surface area contributed by atoms with E-state index in [0.717, 1.165) is 22.3 Å².